The molecular weight excluding hydrogens is 640 g/mol. The Labute approximate surface area is 245 Å². The molecule has 0 radical (unpaired) electrons. The fraction of sp³-hybridized carbons (Fsp3) is 0.286. The van der Waals surface area contributed by atoms with Gasteiger partial charge in [-0.25, -0.2) is 0 Å². The number of hydrogen-bond acceptors (Lipinski definition) is 5. The summed E-state index contributed by atoms with van der Waals surface area (Å²) < 4.78 is 10.7. The number of carbonyl (C=O) groups is 2. The molecule has 0 aliphatic carbocycles. The van der Waals surface area contributed by atoms with Gasteiger partial charge in [-0.2, -0.15) is 0 Å². The number of benzene rings is 3. The molecule has 3 N–H and O–H groups in total. The lowest BCUT2D eigenvalue weighted by Gasteiger charge is -2.29. The van der Waals surface area contributed by atoms with Crippen molar-refractivity contribution in [1.82, 2.24) is 4.90 Å². The first kappa shape index (κ1) is 28.6. The number of carbonyl (C=O) groups excluding carboxylic acids is 2. The van der Waals surface area contributed by atoms with Crippen LogP contribution in [0.2, 0.25) is 10.0 Å². The third kappa shape index (κ3) is 6.98. The van der Waals surface area contributed by atoms with E-state index < -0.39 is 6.04 Å². The molecule has 0 spiro atoms. The maximum atomic E-state index is 14.0. The molecule has 0 fully saturated rings. The van der Waals surface area contributed by atoms with Crippen molar-refractivity contribution in [3.63, 3.8) is 0 Å². The van der Waals surface area contributed by atoms with E-state index in [-0.39, 0.29) is 22.5 Å². The number of amides is 2. The first-order valence-corrected chi connectivity index (χ1v) is 14.1. The van der Waals surface area contributed by atoms with E-state index in [1.807, 2.05) is 18.2 Å². The lowest BCUT2D eigenvalue weighted by molar-refractivity contribution is -0.120. The van der Waals surface area contributed by atoms with Crippen LogP contribution in [-0.4, -0.2) is 47.7 Å². The zero-order valence-corrected chi connectivity index (χ0v) is 24.4. The Hall–Kier alpha value is -2.37. The van der Waals surface area contributed by atoms with Crippen LogP contribution in [0.5, 0.6) is 0 Å². The second kappa shape index (κ2) is 13.1. The van der Waals surface area contributed by atoms with Crippen molar-refractivity contribution < 1.29 is 19.1 Å². The Morgan fingerprint density at radius 3 is 2.47 bits per heavy atom. The van der Waals surface area contributed by atoms with E-state index in [0.717, 1.165) is 11.1 Å². The molecule has 1 heterocycles. The molecule has 0 bridgehead atoms. The minimum atomic E-state index is -0.848. The van der Waals surface area contributed by atoms with Crippen LogP contribution >= 0.6 is 45.8 Å². The monoisotopic (exact) mass is 667 g/mol. The van der Waals surface area contributed by atoms with Gasteiger partial charge in [-0.15, -0.1) is 0 Å². The highest BCUT2D eigenvalue weighted by molar-refractivity contribution is 14.1. The molecular formula is C28H28Cl2IN3O4. The summed E-state index contributed by atoms with van der Waals surface area (Å²) >= 11 is 14.4. The van der Waals surface area contributed by atoms with Crippen LogP contribution in [0.1, 0.15) is 33.1 Å². The number of fused-ring (bicyclic) bond motifs is 1. The van der Waals surface area contributed by atoms with Crippen molar-refractivity contribution in [3.8, 4) is 0 Å². The van der Waals surface area contributed by atoms with Crippen molar-refractivity contribution in [1.29, 1.82) is 0 Å². The predicted molar refractivity (Wildman–Crippen MR) is 159 cm³/mol. The number of hydrogen-bond donors (Lipinski definition) is 2. The second-order valence-electron chi connectivity index (χ2n) is 8.89. The number of rotatable bonds is 10. The van der Waals surface area contributed by atoms with Gasteiger partial charge >= 0.3 is 0 Å². The SMILES string of the molecule is COCCOC(I)Cc1ccc2c(c1)C(=O)N(CCc1ccc(Cl)cc1N)C(c1ccc(Cl)cc1)C(=O)N2. The number of ether oxygens (including phenoxy) is 2. The summed E-state index contributed by atoms with van der Waals surface area (Å²) in [5.74, 6) is -0.552. The number of anilines is 2. The lowest BCUT2D eigenvalue weighted by atomic mass is 10.0. The van der Waals surface area contributed by atoms with Gasteiger partial charge in [0.25, 0.3) is 11.8 Å². The van der Waals surface area contributed by atoms with E-state index >= 15 is 0 Å². The number of alkyl halides is 1. The molecule has 0 saturated heterocycles. The number of methoxy groups -OCH3 is 1. The van der Waals surface area contributed by atoms with Crippen molar-refractivity contribution in [2.45, 2.75) is 23.0 Å². The molecule has 2 amide bonds. The largest absolute Gasteiger partial charge is 0.398 e. The van der Waals surface area contributed by atoms with Crippen molar-refractivity contribution >= 4 is 69.0 Å². The van der Waals surface area contributed by atoms with Crippen molar-refractivity contribution in [3.05, 3.63) is 93.0 Å². The molecule has 1 aliphatic heterocycles. The lowest BCUT2D eigenvalue weighted by Crippen LogP contribution is -2.40. The van der Waals surface area contributed by atoms with Crippen LogP contribution in [-0.2, 0) is 27.1 Å². The molecule has 2 atom stereocenters. The fourth-order valence-corrected chi connectivity index (χ4v) is 5.43. The van der Waals surface area contributed by atoms with Crippen LogP contribution < -0.4 is 11.1 Å². The zero-order valence-electron chi connectivity index (χ0n) is 20.8. The highest BCUT2D eigenvalue weighted by Crippen LogP contribution is 2.33. The Kier molecular flexibility index (Phi) is 9.89. The van der Waals surface area contributed by atoms with E-state index in [0.29, 0.717) is 58.6 Å². The number of halogens is 3. The van der Waals surface area contributed by atoms with Gasteiger partial charge in [-0.05, 0) is 59.5 Å². The summed E-state index contributed by atoms with van der Waals surface area (Å²) in [4.78, 5) is 29.2. The van der Waals surface area contributed by atoms with Gasteiger partial charge in [0.2, 0.25) is 0 Å². The summed E-state index contributed by atoms with van der Waals surface area (Å²) in [7, 11) is 1.63. The summed E-state index contributed by atoms with van der Waals surface area (Å²) in [5.41, 5.74) is 10.0. The van der Waals surface area contributed by atoms with Crippen molar-refractivity contribution in [2.75, 3.05) is 37.9 Å². The van der Waals surface area contributed by atoms with E-state index in [1.54, 1.807) is 54.5 Å². The Morgan fingerprint density at radius 2 is 1.76 bits per heavy atom. The Morgan fingerprint density at radius 1 is 1.03 bits per heavy atom. The highest BCUT2D eigenvalue weighted by atomic mass is 127. The van der Waals surface area contributed by atoms with Gasteiger partial charge in [-0.1, -0.05) is 70.1 Å². The molecule has 1 aliphatic rings. The number of nitrogen functional groups attached to an aromatic ring is 1. The summed E-state index contributed by atoms with van der Waals surface area (Å²) in [6.07, 6.45) is 1.05. The third-order valence-corrected chi connectivity index (χ3v) is 7.58. The molecule has 3 aromatic carbocycles. The number of nitrogens with zero attached hydrogens (tertiary/aromatic N) is 1. The van der Waals surface area contributed by atoms with Crippen LogP contribution in [0, 0.1) is 0 Å². The molecule has 38 heavy (non-hydrogen) atoms. The van der Waals surface area contributed by atoms with Crippen LogP contribution in [0.25, 0.3) is 0 Å². The summed E-state index contributed by atoms with van der Waals surface area (Å²) in [5, 5.41) is 4.04. The van der Waals surface area contributed by atoms with Gasteiger partial charge < -0.3 is 25.4 Å². The first-order valence-electron chi connectivity index (χ1n) is 12.1. The predicted octanol–water partition coefficient (Wildman–Crippen LogP) is 5.92. The maximum absolute atomic E-state index is 14.0. The van der Waals surface area contributed by atoms with Crippen LogP contribution in [0.15, 0.2) is 60.7 Å². The minimum absolute atomic E-state index is 0.0953. The Bertz CT molecular complexity index is 1310. The topological polar surface area (TPSA) is 93.9 Å². The highest BCUT2D eigenvalue weighted by Gasteiger charge is 2.36. The summed E-state index contributed by atoms with van der Waals surface area (Å²) in [6.45, 7) is 1.26. The molecule has 200 valence electrons. The average Bonchev–Trinajstić information content (AvgIpc) is 2.98. The summed E-state index contributed by atoms with van der Waals surface area (Å²) in [6, 6.07) is 16.9. The molecule has 0 aromatic heterocycles. The van der Waals surface area contributed by atoms with Gasteiger partial charge in [0, 0.05) is 35.8 Å². The smallest absolute Gasteiger partial charge is 0.256 e. The fourth-order valence-electron chi connectivity index (χ4n) is 4.36. The average molecular weight is 668 g/mol. The normalized spacial score (nSPS) is 16.1. The van der Waals surface area contributed by atoms with E-state index in [4.69, 9.17) is 38.4 Å². The van der Waals surface area contributed by atoms with Crippen molar-refractivity contribution in [2.24, 2.45) is 0 Å². The zero-order chi connectivity index (χ0) is 27.2. The standard InChI is InChI=1S/C28H28Cl2IN3O4/c1-37-12-13-38-25(31)15-17-2-9-24-22(14-17)28(36)34(11-10-18-3-8-21(30)16-23(18)32)26(27(35)33-24)19-4-6-20(29)7-5-19/h2-9,14,16,25-26H,10-13,15,32H2,1H3,(H,33,35). The number of nitrogens with one attached hydrogen (secondary N) is 1. The van der Waals surface area contributed by atoms with Crippen LogP contribution in [0.3, 0.4) is 0 Å². The first-order chi connectivity index (χ1) is 18.3. The van der Waals surface area contributed by atoms with Gasteiger partial charge in [0.15, 0.2) is 0 Å². The third-order valence-electron chi connectivity index (χ3n) is 6.29. The molecule has 4 rings (SSSR count). The van der Waals surface area contributed by atoms with E-state index in [1.165, 1.54) is 0 Å². The molecule has 2 unspecified atom stereocenters. The maximum Gasteiger partial charge on any atom is 0.256 e. The van der Waals surface area contributed by atoms with E-state index in [9.17, 15) is 9.59 Å². The number of nitrogens with two attached hydrogens (primary N) is 1. The molecule has 10 heteroatoms. The molecule has 7 nitrogen and oxygen atoms in total. The molecule has 3 aromatic rings. The second-order valence-corrected chi connectivity index (χ2v) is 11.2. The van der Waals surface area contributed by atoms with Crippen LogP contribution in [0.4, 0.5) is 11.4 Å². The molecule has 0 saturated carbocycles. The van der Waals surface area contributed by atoms with E-state index in [2.05, 4.69) is 27.9 Å². The van der Waals surface area contributed by atoms with Gasteiger partial charge in [-0.3, -0.25) is 9.59 Å². The Balaban J connectivity index is 1.66. The quantitative estimate of drug-likeness (QED) is 0.121. The minimum Gasteiger partial charge on any atom is -0.398 e. The van der Waals surface area contributed by atoms with Gasteiger partial charge in [0.1, 0.15) is 10.2 Å². The van der Waals surface area contributed by atoms with Gasteiger partial charge in [0.05, 0.1) is 24.5 Å².